The van der Waals surface area contributed by atoms with Crippen LogP contribution in [-0.4, -0.2) is 61.4 Å². The Kier molecular flexibility index (Phi) is 7.94. The maximum Gasteiger partial charge on any atom is 0.255 e. The molecule has 4 rings (SSSR count). The Morgan fingerprint density at radius 2 is 1.38 bits per heavy atom. The summed E-state index contributed by atoms with van der Waals surface area (Å²) >= 11 is 0. The van der Waals surface area contributed by atoms with E-state index in [1.807, 2.05) is 23.1 Å². The molecule has 2 amide bonds. The molecule has 1 aliphatic rings. The molecule has 1 saturated heterocycles. The maximum absolute atomic E-state index is 12.8. The first-order valence-corrected chi connectivity index (χ1v) is 11.7. The molecule has 176 valence electrons. The average molecular weight is 458 g/mol. The third-order valence-electron chi connectivity index (χ3n) is 6.24. The van der Waals surface area contributed by atoms with Crippen molar-refractivity contribution >= 4 is 11.8 Å². The number of ether oxygens (including phenoxy) is 1. The van der Waals surface area contributed by atoms with Gasteiger partial charge in [0.15, 0.2) is 0 Å². The van der Waals surface area contributed by atoms with Crippen molar-refractivity contribution in [3.63, 3.8) is 0 Å². The first kappa shape index (κ1) is 23.5. The molecule has 0 spiro atoms. The van der Waals surface area contributed by atoms with Crippen molar-refractivity contribution in [2.45, 2.75) is 12.5 Å². The fraction of sp³-hybridized carbons (Fsp3) is 0.286. The molecule has 0 radical (unpaired) electrons. The second kappa shape index (κ2) is 11.5. The fourth-order valence-electron chi connectivity index (χ4n) is 4.48. The highest BCUT2D eigenvalue weighted by molar-refractivity contribution is 5.97. The average Bonchev–Trinajstić information content (AvgIpc) is 2.90. The number of carbonyl (C=O) groups excluding carboxylic acids is 2. The van der Waals surface area contributed by atoms with Gasteiger partial charge >= 0.3 is 0 Å². The number of benzene rings is 3. The lowest BCUT2D eigenvalue weighted by Crippen LogP contribution is -2.50. The predicted molar refractivity (Wildman–Crippen MR) is 133 cm³/mol. The first-order chi connectivity index (χ1) is 16.7. The van der Waals surface area contributed by atoms with Crippen molar-refractivity contribution in [3.8, 4) is 5.75 Å². The third-order valence-corrected chi connectivity index (χ3v) is 6.24. The number of nitrogens with zero attached hydrogens (tertiary/aromatic N) is 2. The van der Waals surface area contributed by atoms with Gasteiger partial charge in [0, 0.05) is 39.1 Å². The summed E-state index contributed by atoms with van der Waals surface area (Å²) in [5.74, 6) is 0.355. The number of rotatable bonds is 8. The highest BCUT2D eigenvalue weighted by Crippen LogP contribution is 2.29. The summed E-state index contributed by atoms with van der Waals surface area (Å²) in [5.41, 5.74) is 2.99. The van der Waals surface area contributed by atoms with Crippen molar-refractivity contribution in [1.82, 2.24) is 15.1 Å². The largest absolute Gasteiger partial charge is 0.496 e. The van der Waals surface area contributed by atoms with E-state index < -0.39 is 0 Å². The lowest BCUT2D eigenvalue weighted by molar-refractivity contribution is -0.133. The molecule has 34 heavy (non-hydrogen) atoms. The Morgan fingerprint density at radius 3 is 1.97 bits per heavy atom. The number of carbonyl (C=O) groups is 2. The zero-order chi connectivity index (χ0) is 23.8. The van der Waals surface area contributed by atoms with E-state index in [2.05, 4.69) is 58.7 Å². The number of nitrogens with one attached hydrogen (secondary N) is 1. The SMILES string of the molecule is COc1ccccc1C(=O)NCCC(=O)N1CCN(C(c2ccccc2)c2ccccc2)CC1. The minimum atomic E-state index is -0.233. The van der Waals surface area contributed by atoms with E-state index in [0.29, 0.717) is 30.9 Å². The highest BCUT2D eigenvalue weighted by atomic mass is 16.5. The summed E-state index contributed by atoms with van der Waals surface area (Å²) in [4.78, 5) is 29.6. The Bertz CT molecular complexity index is 1040. The second-order valence-electron chi connectivity index (χ2n) is 8.35. The molecule has 1 N–H and O–H groups in total. The minimum absolute atomic E-state index is 0.0657. The van der Waals surface area contributed by atoms with Gasteiger partial charge in [-0.25, -0.2) is 0 Å². The van der Waals surface area contributed by atoms with E-state index >= 15 is 0 Å². The molecule has 3 aromatic carbocycles. The van der Waals surface area contributed by atoms with Crippen LogP contribution in [0.25, 0.3) is 0 Å². The van der Waals surface area contributed by atoms with Gasteiger partial charge in [-0.1, -0.05) is 72.8 Å². The van der Waals surface area contributed by atoms with Gasteiger partial charge in [0.1, 0.15) is 5.75 Å². The number of piperazine rings is 1. The first-order valence-electron chi connectivity index (χ1n) is 11.7. The maximum atomic E-state index is 12.8. The summed E-state index contributed by atoms with van der Waals surface area (Å²) in [6.07, 6.45) is 0.279. The van der Waals surface area contributed by atoms with Gasteiger partial charge in [-0.3, -0.25) is 14.5 Å². The molecule has 6 heteroatoms. The van der Waals surface area contributed by atoms with Crippen molar-refractivity contribution in [2.24, 2.45) is 0 Å². The molecule has 0 saturated carbocycles. The number of hydrogen-bond acceptors (Lipinski definition) is 4. The van der Waals surface area contributed by atoms with E-state index in [9.17, 15) is 9.59 Å². The Morgan fingerprint density at radius 1 is 0.824 bits per heavy atom. The summed E-state index contributed by atoms with van der Waals surface area (Å²) in [7, 11) is 1.54. The van der Waals surface area contributed by atoms with Crippen LogP contribution in [0.15, 0.2) is 84.9 Å². The number of amides is 2. The monoisotopic (exact) mass is 457 g/mol. The van der Waals surface area contributed by atoms with Gasteiger partial charge < -0.3 is 15.0 Å². The van der Waals surface area contributed by atoms with Crippen LogP contribution in [0.3, 0.4) is 0 Å². The molecule has 1 fully saturated rings. The molecule has 0 atom stereocenters. The van der Waals surface area contributed by atoms with Gasteiger partial charge in [0.25, 0.3) is 5.91 Å². The van der Waals surface area contributed by atoms with Crippen molar-refractivity contribution in [2.75, 3.05) is 39.8 Å². The third kappa shape index (κ3) is 5.64. The van der Waals surface area contributed by atoms with Crippen LogP contribution >= 0.6 is 0 Å². The summed E-state index contributed by atoms with van der Waals surface area (Å²) in [6, 6.07) is 28.3. The highest BCUT2D eigenvalue weighted by Gasteiger charge is 2.28. The topological polar surface area (TPSA) is 61.9 Å². The molecule has 0 aliphatic carbocycles. The van der Waals surface area contributed by atoms with E-state index in [1.165, 1.54) is 18.2 Å². The van der Waals surface area contributed by atoms with Crippen molar-refractivity contribution in [3.05, 3.63) is 102 Å². The zero-order valence-electron chi connectivity index (χ0n) is 19.5. The molecular formula is C28H31N3O3. The molecular weight excluding hydrogens is 426 g/mol. The van der Waals surface area contributed by atoms with E-state index in [-0.39, 0.29) is 24.3 Å². The van der Waals surface area contributed by atoms with E-state index in [0.717, 1.165) is 13.1 Å². The van der Waals surface area contributed by atoms with Crippen LogP contribution in [0.5, 0.6) is 5.75 Å². The van der Waals surface area contributed by atoms with Gasteiger partial charge in [0.05, 0.1) is 18.7 Å². The summed E-state index contributed by atoms with van der Waals surface area (Å²) in [5, 5.41) is 2.84. The van der Waals surface area contributed by atoms with Gasteiger partial charge in [-0.15, -0.1) is 0 Å². The molecule has 1 heterocycles. The van der Waals surface area contributed by atoms with Crippen molar-refractivity contribution < 1.29 is 14.3 Å². The van der Waals surface area contributed by atoms with Gasteiger partial charge in [0.2, 0.25) is 5.91 Å². The molecule has 1 aliphatic heterocycles. The van der Waals surface area contributed by atoms with Crippen LogP contribution in [0.1, 0.15) is 33.9 Å². The predicted octanol–water partition coefficient (Wildman–Crippen LogP) is 3.75. The second-order valence-corrected chi connectivity index (χ2v) is 8.35. The molecule has 3 aromatic rings. The Labute approximate surface area is 201 Å². The Balaban J connectivity index is 1.31. The number of para-hydroxylation sites is 1. The number of methoxy groups -OCH3 is 1. The van der Waals surface area contributed by atoms with Gasteiger partial charge in [-0.05, 0) is 23.3 Å². The summed E-state index contributed by atoms with van der Waals surface area (Å²) < 4.78 is 5.24. The molecule has 6 nitrogen and oxygen atoms in total. The lowest BCUT2D eigenvalue weighted by Gasteiger charge is -2.40. The van der Waals surface area contributed by atoms with Gasteiger partial charge in [-0.2, -0.15) is 0 Å². The van der Waals surface area contributed by atoms with E-state index in [4.69, 9.17) is 4.74 Å². The molecule has 0 unspecified atom stereocenters. The Hall–Kier alpha value is -3.64. The van der Waals surface area contributed by atoms with E-state index in [1.54, 1.807) is 18.2 Å². The standard InChI is InChI=1S/C28H31N3O3/c1-34-25-15-9-8-14-24(25)28(33)29-17-16-26(32)30-18-20-31(21-19-30)27(22-10-4-2-5-11-22)23-12-6-3-7-13-23/h2-15,27H,16-21H2,1H3,(H,29,33). The normalized spacial score (nSPS) is 14.1. The summed E-state index contributed by atoms with van der Waals surface area (Å²) in [6.45, 7) is 3.25. The van der Waals surface area contributed by atoms with Crippen LogP contribution in [-0.2, 0) is 4.79 Å². The molecule has 0 bridgehead atoms. The van der Waals surface area contributed by atoms with Crippen LogP contribution in [0.4, 0.5) is 0 Å². The fourth-order valence-corrected chi connectivity index (χ4v) is 4.48. The number of hydrogen-bond donors (Lipinski definition) is 1. The zero-order valence-corrected chi connectivity index (χ0v) is 19.5. The van der Waals surface area contributed by atoms with Crippen LogP contribution in [0.2, 0.25) is 0 Å². The minimum Gasteiger partial charge on any atom is -0.496 e. The molecule has 0 aromatic heterocycles. The van der Waals surface area contributed by atoms with Crippen molar-refractivity contribution in [1.29, 1.82) is 0 Å². The lowest BCUT2D eigenvalue weighted by atomic mass is 9.96. The van der Waals surface area contributed by atoms with Crippen LogP contribution in [0, 0.1) is 0 Å². The van der Waals surface area contributed by atoms with Crippen LogP contribution < -0.4 is 10.1 Å². The smallest absolute Gasteiger partial charge is 0.255 e. The quantitative estimate of drug-likeness (QED) is 0.560.